The third-order valence-electron chi connectivity index (χ3n) is 1.87. The molecule has 1 aromatic carbocycles. The number of nitro benzene ring substituents is 1. The minimum absolute atomic E-state index is 0.0498. The van der Waals surface area contributed by atoms with E-state index in [1.807, 2.05) is 0 Å². The molecular formula is C10H10BrNO4. The van der Waals surface area contributed by atoms with Gasteiger partial charge in [0.05, 0.1) is 11.5 Å². The normalized spacial score (nSPS) is 11.9. The monoisotopic (exact) mass is 287 g/mol. The first-order valence-corrected chi connectivity index (χ1v) is 5.53. The van der Waals surface area contributed by atoms with Crippen molar-refractivity contribution >= 4 is 27.6 Å². The molecule has 0 radical (unpaired) electrons. The molecule has 1 atom stereocenters. The largest absolute Gasteiger partial charge is 0.465 e. The van der Waals surface area contributed by atoms with Gasteiger partial charge in [0, 0.05) is 12.1 Å². The van der Waals surface area contributed by atoms with E-state index in [1.54, 1.807) is 13.0 Å². The molecule has 5 nitrogen and oxygen atoms in total. The highest BCUT2D eigenvalue weighted by atomic mass is 79.9. The third kappa shape index (κ3) is 3.03. The fraction of sp³-hybridized carbons (Fsp3) is 0.300. The average molecular weight is 288 g/mol. The summed E-state index contributed by atoms with van der Waals surface area (Å²) in [6, 6.07) is 5.87. The molecule has 0 aromatic heterocycles. The van der Waals surface area contributed by atoms with Gasteiger partial charge in [-0.15, -0.1) is 0 Å². The minimum atomic E-state index is -0.674. The van der Waals surface area contributed by atoms with Crippen molar-refractivity contribution in [3.63, 3.8) is 0 Å². The van der Waals surface area contributed by atoms with Gasteiger partial charge < -0.3 is 4.74 Å². The molecule has 0 bridgehead atoms. The molecule has 0 saturated carbocycles. The second kappa shape index (κ2) is 5.60. The van der Waals surface area contributed by atoms with E-state index in [9.17, 15) is 14.9 Å². The zero-order chi connectivity index (χ0) is 12.1. The predicted molar refractivity (Wildman–Crippen MR) is 61.4 cm³/mol. The number of nitro groups is 1. The fourth-order valence-electron chi connectivity index (χ4n) is 1.15. The number of ether oxygens (including phenoxy) is 1. The molecule has 0 N–H and O–H groups in total. The quantitative estimate of drug-likeness (QED) is 0.369. The summed E-state index contributed by atoms with van der Waals surface area (Å²) in [5, 5.41) is 10.5. The predicted octanol–water partition coefficient (Wildman–Crippen LogP) is 2.59. The van der Waals surface area contributed by atoms with Gasteiger partial charge in [-0.05, 0) is 12.5 Å². The van der Waals surface area contributed by atoms with Crippen LogP contribution >= 0.6 is 15.9 Å². The maximum atomic E-state index is 11.4. The van der Waals surface area contributed by atoms with E-state index in [2.05, 4.69) is 15.9 Å². The Kier molecular flexibility index (Phi) is 4.42. The van der Waals surface area contributed by atoms with Crippen molar-refractivity contribution in [2.75, 3.05) is 6.61 Å². The molecule has 0 fully saturated rings. The lowest BCUT2D eigenvalue weighted by atomic mass is 10.1. The SMILES string of the molecule is CCOC(=O)C(Br)c1cccc([N+](=O)[O-])c1. The van der Waals surface area contributed by atoms with Crippen molar-refractivity contribution in [1.82, 2.24) is 0 Å². The fourth-order valence-corrected chi connectivity index (χ4v) is 1.56. The molecule has 1 rings (SSSR count). The molecule has 0 spiro atoms. The van der Waals surface area contributed by atoms with Crippen molar-refractivity contribution in [3.8, 4) is 0 Å². The summed E-state index contributed by atoms with van der Waals surface area (Å²) in [6.45, 7) is 1.97. The van der Waals surface area contributed by atoms with Gasteiger partial charge in [-0.25, -0.2) is 0 Å². The van der Waals surface area contributed by atoms with E-state index in [4.69, 9.17) is 4.74 Å². The lowest BCUT2D eigenvalue weighted by molar-refractivity contribution is -0.384. The van der Waals surface area contributed by atoms with Gasteiger partial charge in [-0.3, -0.25) is 14.9 Å². The van der Waals surface area contributed by atoms with Crippen molar-refractivity contribution in [2.45, 2.75) is 11.8 Å². The second-order valence-corrected chi connectivity index (χ2v) is 3.88. The molecule has 1 unspecified atom stereocenters. The number of benzene rings is 1. The van der Waals surface area contributed by atoms with Crippen LogP contribution in [-0.2, 0) is 9.53 Å². The van der Waals surface area contributed by atoms with Crippen molar-refractivity contribution in [2.24, 2.45) is 0 Å². The highest BCUT2D eigenvalue weighted by molar-refractivity contribution is 9.09. The number of rotatable bonds is 4. The van der Waals surface area contributed by atoms with Crippen LogP contribution in [0.1, 0.15) is 17.3 Å². The Morgan fingerprint density at radius 3 is 2.88 bits per heavy atom. The second-order valence-electron chi connectivity index (χ2n) is 2.97. The van der Waals surface area contributed by atoms with E-state index < -0.39 is 15.7 Å². The van der Waals surface area contributed by atoms with Crippen LogP contribution < -0.4 is 0 Å². The molecular weight excluding hydrogens is 278 g/mol. The first-order valence-electron chi connectivity index (χ1n) is 4.61. The lowest BCUT2D eigenvalue weighted by Gasteiger charge is -2.08. The molecule has 0 heterocycles. The first kappa shape index (κ1) is 12.6. The number of halogens is 1. The number of hydrogen-bond donors (Lipinski definition) is 0. The van der Waals surface area contributed by atoms with Gasteiger partial charge in [0.25, 0.3) is 5.69 Å². The average Bonchev–Trinajstić information content (AvgIpc) is 2.28. The van der Waals surface area contributed by atoms with Crippen molar-refractivity contribution in [1.29, 1.82) is 0 Å². The van der Waals surface area contributed by atoms with Crippen LogP contribution in [0.3, 0.4) is 0 Å². The number of esters is 1. The van der Waals surface area contributed by atoms with Gasteiger partial charge in [0.2, 0.25) is 0 Å². The number of hydrogen-bond acceptors (Lipinski definition) is 4. The summed E-state index contributed by atoms with van der Waals surface area (Å²) in [5.74, 6) is -0.456. The minimum Gasteiger partial charge on any atom is -0.465 e. The molecule has 0 saturated heterocycles. The Hall–Kier alpha value is -1.43. The maximum absolute atomic E-state index is 11.4. The smallest absolute Gasteiger partial charge is 0.324 e. The highest BCUT2D eigenvalue weighted by Gasteiger charge is 2.20. The van der Waals surface area contributed by atoms with Crippen molar-refractivity contribution < 1.29 is 14.5 Å². The van der Waals surface area contributed by atoms with E-state index >= 15 is 0 Å². The van der Waals surface area contributed by atoms with Gasteiger partial charge in [-0.2, -0.15) is 0 Å². The molecule has 0 aliphatic heterocycles. The molecule has 0 amide bonds. The number of nitrogens with zero attached hydrogens (tertiary/aromatic N) is 1. The summed E-state index contributed by atoms with van der Waals surface area (Å²) in [6.07, 6.45) is 0. The standard InChI is InChI=1S/C10H10BrNO4/c1-2-16-10(13)9(11)7-4-3-5-8(6-7)12(14)15/h3-6,9H,2H2,1H3. The zero-order valence-electron chi connectivity index (χ0n) is 8.55. The Bertz CT molecular complexity index is 408. The number of carbonyl (C=O) groups is 1. The molecule has 0 aliphatic rings. The van der Waals surface area contributed by atoms with Crippen LogP contribution in [0.15, 0.2) is 24.3 Å². The maximum Gasteiger partial charge on any atom is 0.324 e. The topological polar surface area (TPSA) is 69.4 Å². The Balaban J connectivity index is 2.91. The summed E-state index contributed by atoms with van der Waals surface area (Å²) >= 11 is 3.14. The van der Waals surface area contributed by atoms with E-state index in [-0.39, 0.29) is 12.3 Å². The summed E-state index contributed by atoms with van der Waals surface area (Å²) in [4.78, 5) is 20.8. The molecule has 6 heteroatoms. The van der Waals surface area contributed by atoms with Gasteiger partial charge in [-0.1, -0.05) is 28.1 Å². The number of carbonyl (C=O) groups excluding carboxylic acids is 1. The summed E-state index contributed by atoms with van der Waals surface area (Å²) < 4.78 is 4.80. The molecule has 0 aliphatic carbocycles. The van der Waals surface area contributed by atoms with Crippen LogP contribution in [0, 0.1) is 10.1 Å². The van der Waals surface area contributed by atoms with Crippen LogP contribution in [0.2, 0.25) is 0 Å². The number of alkyl halides is 1. The van der Waals surface area contributed by atoms with Gasteiger partial charge in [0.15, 0.2) is 0 Å². The van der Waals surface area contributed by atoms with E-state index in [0.717, 1.165) is 0 Å². The highest BCUT2D eigenvalue weighted by Crippen LogP contribution is 2.26. The summed E-state index contributed by atoms with van der Waals surface area (Å²) in [5.41, 5.74) is 0.457. The molecule has 86 valence electrons. The van der Waals surface area contributed by atoms with Crippen LogP contribution in [0.25, 0.3) is 0 Å². The first-order chi connectivity index (χ1) is 7.56. The lowest BCUT2D eigenvalue weighted by Crippen LogP contribution is -2.10. The summed E-state index contributed by atoms with van der Waals surface area (Å²) in [7, 11) is 0. The third-order valence-corrected chi connectivity index (χ3v) is 2.77. The Morgan fingerprint density at radius 2 is 2.31 bits per heavy atom. The van der Waals surface area contributed by atoms with Crippen LogP contribution in [0.5, 0.6) is 0 Å². The van der Waals surface area contributed by atoms with E-state index in [1.165, 1.54) is 18.2 Å². The van der Waals surface area contributed by atoms with Crippen LogP contribution in [-0.4, -0.2) is 17.5 Å². The van der Waals surface area contributed by atoms with Crippen molar-refractivity contribution in [3.05, 3.63) is 39.9 Å². The number of non-ortho nitro benzene ring substituents is 1. The van der Waals surface area contributed by atoms with Gasteiger partial charge >= 0.3 is 5.97 Å². The Morgan fingerprint density at radius 1 is 1.62 bits per heavy atom. The molecule has 16 heavy (non-hydrogen) atoms. The van der Waals surface area contributed by atoms with Crippen LogP contribution in [0.4, 0.5) is 5.69 Å². The van der Waals surface area contributed by atoms with Gasteiger partial charge in [0.1, 0.15) is 4.83 Å². The zero-order valence-corrected chi connectivity index (χ0v) is 10.1. The van der Waals surface area contributed by atoms with E-state index in [0.29, 0.717) is 5.56 Å². The molecule has 1 aromatic rings. The Labute approximate surface area is 101 Å².